The van der Waals surface area contributed by atoms with Crippen LogP contribution in [0.2, 0.25) is 0 Å². The number of unbranched alkanes of at least 4 members (excludes halogenated alkanes) is 14. The average Bonchev–Trinajstić information content (AvgIpc) is 3.35. The highest BCUT2D eigenvalue weighted by molar-refractivity contribution is 5.71. The molecule has 6 heteroatoms. The van der Waals surface area contributed by atoms with Crippen LogP contribution in [0.25, 0.3) is 0 Å². The second-order valence-corrected chi connectivity index (χ2v) is 17.2. The Bertz CT molecular complexity index is 1610. The van der Waals surface area contributed by atoms with Crippen LogP contribution in [0.4, 0.5) is 0 Å². The first-order valence-electron chi connectivity index (χ1n) is 27.1. The highest BCUT2D eigenvalue weighted by atomic mass is 16.6. The lowest BCUT2D eigenvalue weighted by Gasteiger charge is -2.18. The lowest BCUT2D eigenvalue weighted by molar-refractivity contribution is -0.166. The predicted octanol–water partition coefficient (Wildman–Crippen LogP) is 18.2. The molecule has 0 aliphatic rings. The smallest absolute Gasteiger partial charge is 0.306 e. The minimum atomic E-state index is -0.842. The van der Waals surface area contributed by atoms with E-state index in [0.29, 0.717) is 19.3 Å². The molecule has 0 rings (SSSR count). The summed E-state index contributed by atoms with van der Waals surface area (Å²) in [7, 11) is 0. The molecule has 0 aromatic carbocycles. The molecular formula is C63H96O6. The molecule has 0 aromatic heterocycles. The summed E-state index contributed by atoms with van der Waals surface area (Å²) >= 11 is 0. The number of carbonyl (C=O) groups excluding carboxylic acids is 3. The Hall–Kier alpha value is -4.97. The predicted molar refractivity (Wildman–Crippen MR) is 297 cm³/mol. The quantitative estimate of drug-likeness (QED) is 0.0199. The van der Waals surface area contributed by atoms with Crippen molar-refractivity contribution in [1.82, 2.24) is 0 Å². The molecule has 0 heterocycles. The molecule has 0 N–H and O–H groups in total. The summed E-state index contributed by atoms with van der Waals surface area (Å²) in [4.78, 5) is 38.1. The van der Waals surface area contributed by atoms with E-state index in [-0.39, 0.29) is 44.0 Å². The molecule has 0 saturated heterocycles. The lowest BCUT2D eigenvalue weighted by atomic mass is 10.1. The van der Waals surface area contributed by atoms with E-state index in [2.05, 4.69) is 106 Å². The molecule has 0 fully saturated rings. The van der Waals surface area contributed by atoms with Crippen LogP contribution in [-0.2, 0) is 28.6 Å². The van der Waals surface area contributed by atoms with Crippen molar-refractivity contribution in [3.05, 3.63) is 158 Å². The first-order chi connectivity index (χ1) is 34.0. The van der Waals surface area contributed by atoms with Gasteiger partial charge in [0.15, 0.2) is 6.10 Å². The molecule has 0 spiro atoms. The van der Waals surface area contributed by atoms with E-state index in [0.717, 1.165) is 83.5 Å². The zero-order chi connectivity index (χ0) is 50.0. The number of hydrogen-bond acceptors (Lipinski definition) is 6. The normalized spacial score (nSPS) is 13.4. The summed E-state index contributed by atoms with van der Waals surface area (Å²) in [6.45, 7) is 6.24. The fourth-order valence-electron chi connectivity index (χ4n) is 6.67. The highest BCUT2D eigenvalue weighted by Crippen LogP contribution is 2.13. The van der Waals surface area contributed by atoms with Gasteiger partial charge in [0.1, 0.15) is 13.2 Å². The lowest BCUT2D eigenvalue weighted by Crippen LogP contribution is -2.30. The zero-order valence-corrected chi connectivity index (χ0v) is 43.8. The van der Waals surface area contributed by atoms with Gasteiger partial charge in [-0.3, -0.25) is 14.4 Å². The van der Waals surface area contributed by atoms with E-state index >= 15 is 0 Å². The Morgan fingerprint density at radius 2 is 0.667 bits per heavy atom. The highest BCUT2D eigenvalue weighted by Gasteiger charge is 2.19. The molecule has 0 aliphatic heterocycles. The minimum absolute atomic E-state index is 0.129. The Labute approximate surface area is 422 Å². The molecule has 384 valence electrons. The van der Waals surface area contributed by atoms with Crippen molar-refractivity contribution >= 4 is 17.9 Å². The van der Waals surface area contributed by atoms with E-state index in [1.165, 1.54) is 64.2 Å². The van der Waals surface area contributed by atoms with Gasteiger partial charge in [-0.15, -0.1) is 0 Å². The van der Waals surface area contributed by atoms with Crippen molar-refractivity contribution in [3.8, 4) is 0 Å². The van der Waals surface area contributed by atoms with Crippen LogP contribution in [0.1, 0.15) is 201 Å². The molecule has 0 aromatic rings. The Morgan fingerprint density at radius 1 is 0.319 bits per heavy atom. The van der Waals surface area contributed by atoms with Crippen LogP contribution < -0.4 is 0 Å². The zero-order valence-electron chi connectivity index (χ0n) is 43.8. The number of rotatable bonds is 46. The maximum absolute atomic E-state index is 12.8. The topological polar surface area (TPSA) is 78.9 Å². The number of esters is 3. The number of hydrogen-bond donors (Lipinski definition) is 0. The number of carbonyl (C=O) groups is 3. The van der Waals surface area contributed by atoms with E-state index in [4.69, 9.17) is 14.2 Å². The van der Waals surface area contributed by atoms with Crippen LogP contribution >= 0.6 is 0 Å². The van der Waals surface area contributed by atoms with Gasteiger partial charge in [-0.25, -0.2) is 0 Å². The van der Waals surface area contributed by atoms with Crippen molar-refractivity contribution in [2.24, 2.45) is 0 Å². The van der Waals surface area contributed by atoms with Crippen molar-refractivity contribution in [2.45, 2.75) is 207 Å². The third-order valence-corrected chi connectivity index (χ3v) is 10.7. The summed E-state index contributed by atoms with van der Waals surface area (Å²) in [5, 5.41) is 0. The molecule has 1 atom stereocenters. The van der Waals surface area contributed by atoms with E-state index < -0.39 is 6.10 Å². The molecule has 6 nitrogen and oxygen atoms in total. The van der Waals surface area contributed by atoms with Gasteiger partial charge in [-0.1, -0.05) is 237 Å². The maximum Gasteiger partial charge on any atom is 0.306 e. The second-order valence-electron chi connectivity index (χ2n) is 17.2. The van der Waals surface area contributed by atoms with E-state index in [1.807, 2.05) is 72.9 Å². The van der Waals surface area contributed by atoms with Crippen LogP contribution in [0.5, 0.6) is 0 Å². The van der Waals surface area contributed by atoms with Gasteiger partial charge in [-0.05, 0) is 103 Å². The Balaban J connectivity index is 4.64. The summed E-state index contributed by atoms with van der Waals surface area (Å²) in [6.07, 6.45) is 80.9. The molecule has 69 heavy (non-hydrogen) atoms. The van der Waals surface area contributed by atoms with E-state index in [9.17, 15) is 14.4 Å². The van der Waals surface area contributed by atoms with Gasteiger partial charge in [0.25, 0.3) is 0 Å². The maximum atomic E-state index is 12.8. The monoisotopic (exact) mass is 949 g/mol. The van der Waals surface area contributed by atoms with Crippen LogP contribution in [0, 0.1) is 0 Å². The third-order valence-electron chi connectivity index (χ3n) is 10.7. The molecule has 0 bridgehead atoms. The summed E-state index contributed by atoms with van der Waals surface area (Å²) in [6, 6.07) is 0. The van der Waals surface area contributed by atoms with Crippen LogP contribution in [-0.4, -0.2) is 37.2 Å². The van der Waals surface area contributed by atoms with Gasteiger partial charge in [0.2, 0.25) is 0 Å². The fraction of sp³-hybridized carbons (Fsp3) is 0.540. The average molecular weight is 949 g/mol. The first kappa shape index (κ1) is 64.0. The molecule has 1 unspecified atom stereocenters. The second kappa shape index (κ2) is 55.6. The molecule has 0 amide bonds. The molecule has 0 saturated carbocycles. The molecular weight excluding hydrogens is 853 g/mol. The summed E-state index contributed by atoms with van der Waals surface area (Å²) < 4.78 is 16.7. The van der Waals surface area contributed by atoms with Gasteiger partial charge in [-0.2, -0.15) is 0 Å². The minimum Gasteiger partial charge on any atom is -0.462 e. The summed E-state index contributed by atoms with van der Waals surface area (Å²) in [5.74, 6) is -1.08. The first-order valence-corrected chi connectivity index (χ1v) is 27.1. The van der Waals surface area contributed by atoms with Crippen molar-refractivity contribution in [1.29, 1.82) is 0 Å². The van der Waals surface area contributed by atoms with Crippen molar-refractivity contribution < 1.29 is 28.6 Å². The van der Waals surface area contributed by atoms with Crippen LogP contribution in [0.15, 0.2) is 158 Å². The third kappa shape index (κ3) is 53.8. The standard InChI is InChI=1S/C63H96O6/c1-4-7-10-13-16-19-22-25-28-30-31-33-35-38-41-44-47-50-53-56-62(65)68-59-60(58-67-61(64)55-52-49-46-43-40-37-34-27-24-21-18-15-12-9-6-3)69-63(66)57-54-51-48-45-42-39-36-32-29-26-23-20-17-14-11-8-5-2/h7-8,10-11,14,16-17,19-21,23-26,28-29,31-33,36,38-39,41-42,47,50,60H,4-6,9,12-13,15,18,22,27,30,34-35,37,40,43-46,48-49,51-59H2,1-3H3/b10-7-,11-8-,17-14-,19-16-,23-20-,24-21-,28-25-,29-26-,33-31-,36-32+,41-38-,42-39-,50-47-. The fourth-order valence-corrected chi connectivity index (χ4v) is 6.67. The van der Waals surface area contributed by atoms with Crippen molar-refractivity contribution in [2.75, 3.05) is 13.2 Å². The molecule has 0 aliphatic carbocycles. The largest absolute Gasteiger partial charge is 0.462 e. The number of allylic oxidation sites excluding steroid dienone is 26. The number of ether oxygens (including phenoxy) is 3. The van der Waals surface area contributed by atoms with Crippen molar-refractivity contribution in [3.63, 3.8) is 0 Å². The summed E-state index contributed by atoms with van der Waals surface area (Å²) in [5.41, 5.74) is 0. The van der Waals surface area contributed by atoms with Gasteiger partial charge in [0, 0.05) is 19.3 Å². The van der Waals surface area contributed by atoms with Gasteiger partial charge in [0.05, 0.1) is 0 Å². The van der Waals surface area contributed by atoms with Crippen LogP contribution in [0.3, 0.4) is 0 Å². The van der Waals surface area contributed by atoms with Gasteiger partial charge >= 0.3 is 17.9 Å². The Morgan fingerprint density at radius 3 is 1.16 bits per heavy atom. The SMILES string of the molecule is CC\C=C/C=C\C=C/C=C\C=C\C=C/CCCCCC(=O)OC(COC(=O)CC/C=C\C/C=C\C/C=C\C/C=C\C/C=C\C/C=C\CC)COC(=O)CCCCCCCCC/C=C\CCCCCC. The van der Waals surface area contributed by atoms with E-state index in [1.54, 1.807) is 0 Å². The van der Waals surface area contributed by atoms with Gasteiger partial charge < -0.3 is 14.2 Å². The Kier molecular flexibility index (Phi) is 51.6. The molecule has 0 radical (unpaired) electrons.